The van der Waals surface area contributed by atoms with Crippen LogP contribution in [0.2, 0.25) is 0 Å². The molecule has 1 fully saturated rings. The van der Waals surface area contributed by atoms with E-state index in [0.29, 0.717) is 13.2 Å². The molecule has 0 spiro atoms. The average Bonchev–Trinajstić information content (AvgIpc) is 2.74. The Labute approximate surface area is 179 Å². The van der Waals surface area contributed by atoms with Crippen LogP contribution in [0.15, 0.2) is 24.3 Å². The average molecular weight is 422 g/mol. The zero-order valence-electron chi connectivity index (χ0n) is 18.8. The van der Waals surface area contributed by atoms with Crippen LogP contribution in [0.25, 0.3) is 0 Å². The summed E-state index contributed by atoms with van der Waals surface area (Å²) in [4.78, 5) is 27.6. The first kappa shape index (κ1) is 24.2. The van der Waals surface area contributed by atoms with Crippen molar-refractivity contribution in [3.05, 3.63) is 29.8 Å². The lowest BCUT2D eigenvalue weighted by atomic mass is 9.60. The lowest BCUT2D eigenvalue weighted by Crippen LogP contribution is -2.66. The van der Waals surface area contributed by atoms with Gasteiger partial charge in [-0.2, -0.15) is 0 Å². The van der Waals surface area contributed by atoms with E-state index < -0.39 is 11.8 Å². The van der Waals surface area contributed by atoms with Gasteiger partial charge in [-0.25, -0.2) is 0 Å². The van der Waals surface area contributed by atoms with Gasteiger partial charge in [0.05, 0.1) is 45.4 Å². The van der Waals surface area contributed by atoms with Crippen LogP contribution < -0.4 is 4.74 Å². The molecule has 0 N–H and O–H groups in total. The van der Waals surface area contributed by atoms with Gasteiger partial charge in [-0.3, -0.25) is 14.5 Å². The Hall–Kier alpha value is -2.12. The summed E-state index contributed by atoms with van der Waals surface area (Å²) in [5, 5.41) is 0. The third-order valence-corrected chi connectivity index (χ3v) is 5.74. The summed E-state index contributed by atoms with van der Waals surface area (Å²) in [6.45, 7) is 10.6. The van der Waals surface area contributed by atoms with Crippen LogP contribution in [0.1, 0.15) is 33.3 Å². The fourth-order valence-electron chi connectivity index (χ4n) is 4.28. The molecule has 1 aromatic carbocycles. The first-order valence-electron chi connectivity index (χ1n) is 10.8. The fraction of sp³-hybridized carbons (Fsp3) is 0.652. The summed E-state index contributed by atoms with van der Waals surface area (Å²) < 4.78 is 21.7. The van der Waals surface area contributed by atoms with Crippen LogP contribution in [0, 0.1) is 17.8 Å². The molecular formula is C23H35NO6. The molecular weight excluding hydrogens is 386 g/mol. The minimum atomic E-state index is -0.550. The maximum atomic E-state index is 12.7. The normalized spacial score (nSPS) is 23.0. The molecule has 2 rings (SSSR count). The summed E-state index contributed by atoms with van der Waals surface area (Å²) in [6, 6.07) is 7.57. The van der Waals surface area contributed by atoms with E-state index in [1.165, 1.54) is 0 Å². The molecule has 4 atom stereocenters. The molecule has 1 aromatic rings. The number of esters is 2. The van der Waals surface area contributed by atoms with Crippen LogP contribution in [0.3, 0.4) is 0 Å². The molecule has 0 aliphatic heterocycles. The fourth-order valence-corrected chi connectivity index (χ4v) is 4.28. The smallest absolute Gasteiger partial charge is 0.311 e. The number of benzene rings is 1. The van der Waals surface area contributed by atoms with Gasteiger partial charge in [-0.05, 0) is 44.6 Å². The van der Waals surface area contributed by atoms with Gasteiger partial charge >= 0.3 is 11.9 Å². The highest BCUT2D eigenvalue weighted by atomic mass is 16.5. The van der Waals surface area contributed by atoms with Crippen molar-refractivity contribution in [2.24, 2.45) is 17.8 Å². The number of methoxy groups -OCH3 is 1. The summed E-state index contributed by atoms with van der Waals surface area (Å²) in [5.41, 5.74) is 1.02. The number of hydrogen-bond acceptors (Lipinski definition) is 7. The number of hydrogen-bond donors (Lipinski definition) is 0. The maximum absolute atomic E-state index is 12.7. The van der Waals surface area contributed by atoms with Gasteiger partial charge < -0.3 is 18.9 Å². The minimum absolute atomic E-state index is 0.107. The van der Waals surface area contributed by atoms with E-state index in [2.05, 4.69) is 18.7 Å². The number of nitrogens with zero attached hydrogens (tertiary/aromatic N) is 1. The number of rotatable bonds is 12. The Bertz CT molecular complexity index is 673. The zero-order valence-corrected chi connectivity index (χ0v) is 18.8. The monoisotopic (exact) mass is 421 g/mol. The highest BCUT2D eigenvalue weighted by Gasteiger charge is 2.60. The Kier molecular flexibility index (Phi) is 9.59. The van der Waals surface area contributed by atoms with Gasteiger partial charge in [0.15, 0.2) is 0 Å². The third kappa shape index (κ3) is 5.52. The molecule has 1 aliphatic rings. The largest absolute Gasteiger partial charge is 0.497 e. The van der Waals surface area contributed by atoms with E-state index in [9.17, 15) is 9.59 Å². The van der Waals surface area contributed by atoms with Gasteiger partial charge in [-0.1, -0.05) is 26.0 Å². The van der Waals surface area contributed by atoms with E-state index >= 15 is 0 Å². The second-order valence-corrected chi connectivity index (χ2v) is 7.29. The molecule has 7 heteroatoms. The van der Waals surface area contributed by atoms with E-state index in [1.807, 2.05) is 24.3 Å². The number of carbonyl (C=O) groups is 2. The van der Waals surface area contributed by atoms with Crippen molar-refractivity contribution in [2.75, 3.05) is 40.0 Å². The molecule has 30 heavy (non-hydrogen) atoms. The van der Waals surface area contributed by atoms with Crippen molar-refractivity contribution in [1.29, 1.82) is 0 Å². The van der Waals surface area contributed by atoms with Gasteiger partial charge in [0, 0.05) is 12.0 Å². The van der Waals surface area contributed by atoms with Crippen LogP contribution in [0.5, 0.6) is 5.75 Å². The Morgan fingerprint density at radius 3 is 1.97 bits per heavy atom. The van der Waals surface area contributed by atoms with Crippen molar-refractivity contribution in [2.45, 2.75) is 40.3 Å². The van der Waals surface area contributed by atoms with Crippen molar-refractivity contribution in [3.8, 4) is 5.75 Å². The topological polar surface area (TPSA) is 74.3 Å². The van der Waals surface area contributed by atoms with E-state index in [-0.39, 0.29) is 37.1 Å². The van der Waals surface area contributed by atoms with Gasteiger partial charge in [0.25, 0.3) is 0 Å². The molecule has 1 saturated carbocycles. The van der Waals surface area contributed by atoms with Crippen molar-refractivity contribution in [3.63, 3.8) is 0 Å². The lowest BCUT2D eigenvalue weighted by Gasteiger charge is -2.53. The second-order valence-electron chi connectivity index (χ2n) is 7.29. The summed E-state index contributed by atoms with van der Waals surface area (Å²) >= 11 is 0. The molecule has 0 radical (unpaired) electrons. The SMILES string of the molecule is CCOC(=O)[C@@H]1[C@@H](COCc2ccc(OC)cc2)[C@H](N(CC)CC)[C@H]1C(=O)OCC. The van der Waals surface area contributed by atoms with Crippen LogP contribution >= 0.6 is 0 Å². The maximum Gasteiger partial charge on any atom is 0.311 e. The molecule has 0 saturated heterocycles. The van der Waals surface area contributed by atoms with E-state index in [4.69, 9.17) is 18.9 Å². The summed E-state index contributed by atoms with van der Waals surface area (Å²) in [6.07, 6.45) is 0. The van der Waals surface area contributed by atoms with Gasteiger partial charge in [-0.15, -0.1) is 0 Å². The van der Waals surface area contributed by atoms with Crippen molar-refractivity contribution < 1.29 is 28.5 Å². The Balaban J connectivity index is 2.15. The Morgan fingerprint density at radius 1 is 0.900 bits per heavy atom. The van der Waals surface area contributed by atoms with Crippen molar-refractivity contribution >= 4 is 11.9 Å². The van der Waals surface area contributed by atoms with Crippen molar-refractivity contribution in [1.82, 2.24) is 4.90 Å². The summed E-state index contributed by atoms with van der Waals surface area (Å²) in [5.74, 6) is -1.10. The molecule has 0 amide bonds. The molecule has 168 valence electrons. The highest BCUT2D eigenvalue weighted by Crippen LogP contribution is 2.46. The van der Waals surface area contributed by atoms with Crippen LogP contribution in [-0.4, -0.2) is 62.9 Å². The first-order valence-corrected chi connectivity index (χ1v) is 10.8. The predicted molar refractivity (Wildman–Crippen MR) is 113 cm³/mol. The summed E-state index contributed by atoms with van der Waals surface area (Å²) in [7, 11) is 1.63. The molecule has 7 nitrogen and oxygen atoms in total. The van der Waals surface area contributed by atoms with E-state index in [1.54, 1.807) is 21.0 Å². The first-order chi connectivity index (χ1) is 14.5. The third-order valence-electron chi connectivity index (χ3n) is 5.74. The van der Waals surface area contributed by atoms with Crippen LogP contribution in [0.4, 0.5) is 0 Å². The molecule has 0 aromatic heterocycles. The van der Waals surface area contributed by atoms with E-state index in [0.717, 1.165) is 24.4 Å². The predicted octanol–water partition coefficient (Wildman–Crippen LogP) is 2.91. The minimum Gasteiger partial charge on any atom is -0.497 e. The second kappa shape index (κ2) is 11.9. The quantitative estimate of drug-likeness (QED) is 0.481. The lowest BCUT2D eigenvalue weighted by molar-refractivity contribution is -0.189. The highest BCUT2D eigenvalue weighted by molar-refractivity contribution is 5.85. The molecule has 0 unspecified atom stereocenters. The molecule has 1 aliphatic carbocycles. The molecule has 0 bridgehead atoms. The number of carbonyl (C=O) groups excluding carboxylic acids is 2. The molecule has 0 heterocycles. The Morgan fingerprint density at radius 2 is 1.47 bits per heavy atom. The van der Waals surface area contributed by atoms with Crippen LogP contribution in [-0.2, 0) is 30.4 Å². The standard InChI is InChI=1S/C23H35NO6/c1-6-24(7-2)21-18(15-28-14-16-10-12-17(27-5)13-11-16)19(22(25)29-8-3)20(21)23(26)30-9-4/h10-13,18-21H,6-9,14-15H2,1-5H3/t18-,19-,20+,21+/m1/s1. The number of ether oxygens (including phenoxy) is 4. The van der Waals surface area contributed by atoms with Gasteiger partial charge in [0.2, 0.25) is 0 Å². The van der Waals surface area contributed by atoms with Gasteiger partial charge in [0.1, 0.15) is 5.75 Å². The zero-order chi connectivity index (χ0) is 22.1.